The van der Waals surface area contributed by atoms with E-state index in [-0.39, 0.29) is 22.8 Å². The third-order valence-electron chi connectivity index (χ3n) is 10.4. The van der Waals surface area contributed by atoms with Crippen molar-refractivity contribution in [3.8, 4) is 17.2 Å². The first-order valence-corrected chi connectivity index (χ1v) is 21.5. The second-order valence-corrected chi connectivity index (χ2v) is 15.6. The Bertz CT molecular complexity index is 2480. The molecule has 6 rings (SSSR count). The van der Waals surface area contributed by atoms with Gasteiger partial charge in [-0.25, -0.2) is 18.4 Å². The van der Waals surface area contributed by atoms with Crippen molar-refractivity contribution in [3.05, 3.63) is 139 Å². The van der Waals surface area contributed by atoms with Crippen LogP contribution in [0.2, 0.25) is 5.02 Å². The molecule has 0 saturated heterocycles. The standard InChI is InChI=1S/C16H19ClN2O3.C16H19FN2O3.C16H19FN2O2/c1-10-13(11(2)19-18-10)5-4-8-22-15-9-12(16(20)21-3)6-7-14(15)17;1-10-13(11(2)19-18-10)5-3-4-8-22-15-9-12(16(20)21)6-7-14(15)17;1-10-14(11(2)19-18-10)5-4-8-21-16-7-6-13(12(3)20)9-15(16)17/h6-7,9H,4-5,8H2,1-3H3,(H,18,19);6-7,9H,3-5,8H2,1-2H3,(H,18,19)(H,20,21);6-7,9H,4-5,8H2,1-3H3,(H,18,19). The van der Waals surface area contributed by atoms with Crippen molar-refractivity contribution in [2.24, 2.45) is 0 Å². The van der Waals surface area contributed by atoms with Gasteiger partial charge in [0.2, 0.25) is 0 Å². The van der Waals surface area contributed by atoms with Crippen LogP contribution in [-0.4, -0.2) is 80.4 Å². The number of carboxylic acids is 1. The molecule has 3 heterocycles. The van der Waals surface area contributed by atoms with Crippen molar-refractivity contribution in [1.82, 2.24) is 30.6 Å². The Hall–Kier alpha value is -6.55. The number of methoxy groups -OCH3 is 1. The number of carbonyl (C=O) groups is 3. The number of nitrogens with zero attached hydrogens (tertiary/aromatic N) is 3. The minimum atomic E-state index is -1.10. The first kappa shape index (κ1) is 51.1. The number of H-pyrrole nitrogens is 3. The molecular weight excluding hydrogens is 862 g/mol. The average molecular weight is 919 g/mol. The minimum Gasteiger partial charge on any atom is -0.492 e. The van der Waals surface area contributed by atoms with Gasteiger partial charge in [-0.2, -0.15) is 15.3 Å². The summed E-state index contributed by atoms with van der Waals surface area (Å²) in [6.45, 7) is 14.6. The van der Waals surface area contributed by atoms with Gasteiger partial charge in [0.05, 0.1) is 60.2 Å². The van der Waals surface area contributed by atoms with E-state index in [1.807, 2.05) is 41.5 Å². The number of unbranched alkanes of at least 4 members (excludes halogenated alkanes) is 1. The molecule has 0 bridgehead atoms. The number of esters is 1. The summed E-state index contributed by atoms with van der Waals surface area (Å²) < 4.78 is 48.4. The summed E-state index contributed by atoms with van der Waals surface area (Å²) in [6.07, 6.45) is 5.84. The number of hydrogen-bond donors (Lipinski definition) is 4. The van der Waals surface area contributed by atoms with E-state index in [0.717, 1.165) is 85.2 Å². The Morgan fingerprint density at radius 1 is 0.585 bits per heavy atom. The smallest absolute Gasteiger partial charge is 0.337 e. The zero-order valence-corrected chi connectivity index (χ0v) is 38.8. The van der Waals surface area contributed by atoms with Crippen molar-refractivity contribution in [2.75, 3.05) is 26.9 Å². The molecule has 17 heteroatoms. The van der Waals surface area contributed by atoms with E-state index in [4.69, 9.17) is 30.9 Å². The molecule has 0 unspecified atom stereocenters. The predicted molar refractivity (Wildman–Crippen MR) is 243 cm³/mol. The van der Waals surface area contributed by atoms with Gasteiger partial charge in [-0.05, 0) is 165 Å². The number of benzene rings is 3. The lowest BCUT2D eigenvalue weighted by Gasteiger charge is -2.09. The van der Waals surface area contributed by atoms with Crippen LogP contribution in [-0.2, 0) is 24.0 Å². The highest BCUT2D eigenvalue weighted by molar-refractivity contribution is 6.32. The van der Waals surface area contributed by atoms with Gasteiger partial charge in [0.25, 0.3) is 0 Å². The quantitative estimate of drug-likeness (QED) is 0.0343. The molecule has 0 spiro atoms. The first-order chi connectivity index (χ1) is 31.0. The van der Waals surface area contributed by atoms with Gasteiger partial charge < -0.3 is 24.1 Å². The van der Waals surface area contributed by atoms with Crippen LogP contribution in [0.25, 0.3) is 0 Å². The van der Waals surface area contributed by atoms with E-state index in [9.17, 15) is 23.2 Å². The monoisotopic (exact) mass is 918 g/mol. The van der Waals surface area contributed by atoms with Crippen LogP contribution in [0.5, 0.6) is 17.2 Å². The van der Waals surface area contributed by atoms with Crippen LogP contribution in [0.4, 0.5) is 8.78 Å². The number of aryl methyl sites for hydroxylation is 6. The van der Waals surface area contributed by atoms with Gasteiger partial charge in [0.15, 0.2) is 28.9 Å². The van der Waals surface area contributed by atoms with Crippen LogP contribution < -0.4 is 14.2 Å². The number of ether oxygens (including phenoxy) is 4. The number of carboxylic acid groups (broad SMARTS) is 1. The molecule has 0 radical (unpaired) electrons. The number of aromatic amines is 3. The number of halogens is 3. The number of nitrogens with one attached hydrogen (secondary N) is 3. The van der Waals surface area contributed by atoms with Gasteiger partial charge in [-0.1, -0.05) is 11.6 Å². The van der Waals surface area contributed by atoms with E-state index in [0.29, 0.717) is 41.7 Å². The Balaban J connectivity index is 0.000000213. The van der Waals surface area contributed by atoms with Gasteiger partial charge in [-0.3, -0.25) is 20.1 Å². The van der Waals surface area contributed by atoms with E-state index in [1.165, 1.54) is 55.0 Å². The highest BCUT2D eigenvalue weighted by Crippen LogP contribution is 2.27. The van der Waals surface area contributed by atoms with Crippen molar-refractivity contribution < 1.29 is 47.2 Å². The van der Waals surface area contributed by atoms with E-state index in [1.54, 1.807) is 24.3 Å². The summed E-state index contributed by atoms with van der Waals surface area (Å²) in [5.74, 6) is -2.07. The Labute approximate surface area is 382 Å². The topological polar surface area (TPSA) is 194 Å². The van der Waals surface area contributed by atoms with Crippen LogP contribution in [0.1, 0.15) is 115 Å². The zero-order valence-electron chi connectivity index (χ0n) is 38.0. The Morgan fingerprint density at radius 3 is 1.52 bits per heavy atom. The van der Waals surface area contributed by atoms with Gasteiger partial charge >= 0.3 is 11.9 Å². The van der Waals surface area contributed by atoms with Crippen LogP contribution >= 0.6 is 11.6 Å². The van der Waals surface area contributed by atoms with Crippen molar-refractivity contribution in [2.45, 2.75) is 93.4 Å². The molecule has 0 atom stereocenters. The van der Waals surface area contributed by atoms with E-state index >= 15 is 0 Å². The second kappa shape index (κ2) is 25.1. The maximum absolute atomic E-state index is 13.7. The maximum atomic E-state index is 13.7. The molecule has 0 aliphatic rings. The number of ketones is 1. The lowest BCUT2D eigenvalue weighted by molar-refractivity contribution is 0.0599. The SMILES string of the molecule is CC(=O)c1ccc(OCCCc2c(C)n[nH]c2C)c(F)c1.COC(=O)c1ccc(Cl)c(OCCCc2c(C)n[nH]c2C)c1.Cc1n[nH]c(C)c1CCCCOc1cc(C(=O)O)ccc1F. The largest absolute Gasteiger partial charge is 0.492 e. The summed E-state index contributed by atoms with van der Waals surface area (Å²) in [6, 6.07) is 12.7. The zero-order chi connectivity index (χ0) is 47.6. The molecule has 0 aliphatic carbocycles. The van der Waals surface area contributed by atoms with Gasteiger partial charge in [-0.15, -0.1) is 0 Å². The molecular formula is C48H57ClF2N6O8. The fourth-order valence-electron chi connectivity index (χ4n) is 6.72. The lowest BCUT2D eigenvalue weighted by Crippen LogP contribution is -2.04. The normalized spacial score (nSPS) is 10.6. The Kier molecular flexibility index (Phi) is 19.7. The molecule has 65 heavy (non-hydrogen) atoms. The highest BCUT2D eigenvalue weighted by Gasteiger charge is 2.13. The fourth-order valence-corrected chi connectivity index (χ4v) is 6.89. The third-order valence-corrected chi connectivity index (χ3v) is 10.8. The average Bonchev–Trinajstić information content (AvgIpc) is 3.91. The number of carbonyl (C=O) groups excluding carboxylic acids is 2. The summed E-state index contributed by atoms with van der Waals surface area (Å²) in [4.78, 5) is 33.5. The molecule has 0 fully saturated rings. The predicted octanol–water partition coefficient (Wildman–Crippen LogP) is 10.1. The van der Waals surface area contributed by atoms with Gasteiger partial charge in [0, 0.05) is 22.6 Å². The lowest BCUT2D eigenvalue weighted by atomic mass is 10.1. The third kappa shape index (κ3) is 15.3. The molecule has 0 amide bonds. The summed E-state index contributed by atoms with van der Waals surface area (Å²) in [5, 5.41) is 30.6. The maximum Gasteiger partial charge on any atom is 0.337 e. The van der Waals surface area contributed by atoms with Crippen molar-refractivity contribution in [3.63, 3.8) is 0 Å². The number of rotatable bonds is 19. The van der Waals surface area contributed by atoms with Gasteiger partial charge in [0.1, 0.15) is 5.75 Å². The van der Waals surface area contributed by atoms with Crippen LogP contribution in [0, 0.1) is 53.2 Å². The molecule has 0 aliphatic heterocycles. The summed E-state index contributed by atoms with van der Waals surface area (Å²) in [5.41, 5.74) is 10.6. The van der Waals surface area contributed by atoms with E-state index < -0.39 is 23.6 Å². The van der Waals surface area contributed by atoms with Crippen LogP contribution in [0.15, 0.2) is 54.6 Å². The molecule has 0 saturated carbocycles. The molecule has 4 N–H and O–H groups in total. The Morgan fingerprint density at radius 2 is 1.05 bits per heavy atom. The minimum absolute atomic E-state index is 0.0149. The summed E-state index contributed by atoms with van der Waals surface area (Å²) >= 11 is 6.08. The number of aromatic carboxylic acids is 1. The molecule has 14 nitrogen and oxygen atoms in total. The summed E-state index contributed by atoms with van der Waals surface area (Å²) in [7, 11) is 1.34. The highest BCUT2D eigenvalue weighted by atomic mass is 35.5. The number of Topliss-reactive ketones (excluding diaryl/α,β-unsaturated/α-hetero) is 1. The molecule has 348 valence electrons. The molecule has 6 aromatic rings. The second-order valence-electron chi connectivity index (χ2n) is 15.2. The molecule has 3 aromatic heterocycles. The number of aromatic nitrogens is 6. The number of hydrogen-bond acceptors (Lipinski definition) is 10. The first-order valence-electron chi connectivity index (χ1n) is 21.1. The van der Waals surface area contributed by atoms with Crippen molar-refractivity contribution >= 4 is 29.3 Å². The van der Waals surface area contributed by atoms with E-state index in [2.05, 4.69) is 35.3 Å². The van der Waals surface area contributed by atoms with Crippen molar-refractivity contribution in [1.29, 1.82) is 0 Å². The van der Waals surface area contributed by atoms with Crippen LogP contribution in [0.3, 0.4) is 0 Å². The molecule has 3 aromatic carbocycles. The fraction of sp³-hybridized carbons (Fsp3) is 0.375.